The fourth-order valence-electron chi connectivity index (χ4n) is 2.59. The van der Waals surface area contributed by atoms with Crippen LogP contribution in [0.1, 0.15) is 31.9 Å². The quantitative estimate of drug-likeness (QED) is 0.770. The third-order valence-electron chi connectivity index (χ3n) is 4.09. The Hall–Kier alpha value is -2.01. The highest BCUT2D eigenvalue weighted by atomic mass is 16.5. The van der Waals surface area contributed by atoms with E-state index < -0.39 is 0 Å². The normalized spacial score (nSPS) is 11.0. The first-order valence-corrected chi connectivity index (χ1v) is 8.34. The van der Waals surface area contributed by atoms with E-state index in [0.29, 0.717) is 0 Å². The first-order chi connectivity index (χ1) is 11.2. The van der Waals surface area contributed by atoms with Gasteiger partial charge in [0.25, 0.3) is 0 Å². The van der Waals surface area contributed by atoms with Crippen molar-refractivity contribution in [2.75, 3.05) is 25.5 Å². The summed E-state index contributed by atoms with van der Waals surface area (Å²) in [7, 11) is 1.73. The number of hydrogen-bond donors (Lipinski definition) is 1. The standard InChI is InChI=1S/C18H28N4O/c1-5-21(6-2)13-16-10-15(8-9-18(16)23-4)11-19-17-12-20-22(7-3)14-17/h8-10,12,14,19H,5-7,11,13H2,1-4H3. The predicted molar refractivity (Wildman–Crippen MR) is 94.8 cm³/mol. The second-order valence-electron chi connectivity index (χ2n) is 5.55. The van der Waals surface area contributed by atoms with E-state index in [1.807, 2.05) is 17.1 Å². The van der Waals surface area contributed by atoms with Gasteiger partial charge in [-0.3, -0.25) is 9.58 Å². The molecule has 0 bridgehead atoms. The molecule has 23 heavy (non-hydrogen) atoms. The van der Waals surface area contributed by atoms with E-state index >= 15 is 0 Å². The smallest absolute Gasteiger partial charge is 0.123 e. The van der Waals surface area contributed by atoms with Gasteiger partial charge in [-0.15, -0.1) is 0 Å². The summed E-state index contributed by atoms with van der Waals surface area (Å²) in [6.07, 6.45) is 3.89. The molecule has 2 aromatic rings. The highest BCUT2D eigenvalue weighted by Crippen LogP contribution is 2.22. The van der Waals surface area contributed by atoms with Crippen molar-refractivity contribution in [3.05, 3.63) is 41.7 Å². The zero-order chi connectivity index (χ0) is 16.7. The summed E-state index contributed by atoms with van der Waals surface area (Å²) in [6.45, 7) is 11.1. The topological polar surface area (TPSA) is 42.3 Å². The summed E-state index contributed by atoms with van der Waals surface area (Å²) in [5.41, 5.74) is 3.53. The molecule has 0 fully saturated rings. The summed E-state index contributed by atoms with van der Waals surface area (Å²) < 4.78 is 7.43. The molecule has 126 valence electrons. The lowest BCUT2D eigenvalue weighted by atomic mass is 10.1. The molecule has 0 radical (unpaired) electrons. The molecule has 1 heterocycles. The maximum absolute atomic E-state index is 5.51. The van der Waals surface area contributed by atoms with Crippen LogP contribution in [-0.2, 0) is 19.6 Å². The van der Waals surface area contributed by atoms with E-state index in [1.54, 1.807) is 7.11 Å². The summed E-state index contributed by atoms with van der Waals surface area (Å²) in [5, 5.41) is 7.70. The van der Waals surface area contributed by atoms with Crippen molar-refractivity contribution in [1.29, 1.82) is 0 Å². The Kier molecular flexibility index (Phi) is 6.47. The van der Waals surface area contributed by atoms with Gasteiger partial charge >= 0.3 is 0 Å². The van der Waals surface area contributed by atoms with Gasteiger partial charge in [0.15, 0.2) is 0 Å². The molecule has 0 saturated heterocycles. The minimum absolute atomic E-state index is 0.782. The summed E-state index contributed by atoms with van der Waals surface area (Å²) in [4.78, 5) is 2.39. The van der Waals surface area contributed by atoms with Gasteiger partial charge in [-0.2, -0.15) is 5.10 Å². The minimum Gasteiger partial charge on any atom is -0.496 e. The first-order valence-electron chi connectivity index (χ1n) is 8.34. The van der Waals surface area contributed by atoms with Crippen LogP contribution in [0.25, 0.3) is 0 Å². The zero-order valence-electron chi connectivity index (χ0n) is 14.7. The third-order valence-corrected chi connectivity index (χ3v) is 4.09. The van der Waals surface area contributed by atoms with Crippen LogP contribution in [0.3, 0.4) is 0 Å². The van der Waals surface area contributed by atoms with Crippen molar-refractivity contribution in [3.63, 3.8) is 0 Å². The average Bonchev–Trinajstić information content (AvgIpc) is 3.06. The van der Waals surface area contributed by atoms with E-state index in [9.17, 15) is 0 Å². The van der Waals surface area contributed by atoms with Crippen LogP contribution in [0.2, 0.25) is 0 Å². The lowest BCUT2D eigenvalue weighted by molar-refractivity contribution is 0.289. The molecule has 1 aromatic heterocycles. The van der Waals surface area contributed by atoms with E-state index in [1.165, 1.54) is 11.1 Å². The fraction of sp³-hybridized carbons (Fsp3) is 0.500. The van der Waals surface area contributed by atoms with E-state index in [-0.39, 0.29) is 0 Å². The molecule has 0 aliphatic carbocycles. The Morgan fingerprint density at radius 1 is 1.22 bits per heavy atom. The fourth-order valence-corrected chi connectivity index (χ4v) is 2.59. The SMILES string of the molecule is CCN(CC)Cc1cc(CNc2cnn(CC)c2)ccc1OC. The molecule has 5 nitrogen and oxygen atoms in total. The Balaban J connectivity index is 2.06. The summed E-state index contributed by atoms with van der Waals surface area (Å²) in [5.74, 6) is 0.958. The second kappa shape index (κ2) is 8.58. The summed E-state index contributed by atoms with van der Waals surface area (Å²) in [6, 6.07) is 6.40. The molecule has 0 aliphatic rings. The van der Waals surface area contributed by atoms with Gasteiger partial charge in [0.2, 0.25) is 0 Å². The van der Waals surface area contributed by atoms with Gasteiger partial charge in [-0.25, -0.2) is 0 Å². The van der Waals surface area contributed by atoms with Crippen LogP contribution in [-0.4, -0.2) is 34.9 Å². The van der Waals surface area contributed by atoms with Crippen molar-refractivity contribution in [2.45, 2.75) is 40.4 Å². The lowest BCUT2D eigenvalue weighted by Crippen LogP contribution is -2.22. The number of methoxy groups -OCH3 is 1. The lowest BCUT2D eigenvalue weighted by Gasteiger charge is -2.20. The Labute approximate surface area is 139 Å². The van der Waals surface area contributed by atoms with Crippen LogP contribution in [0.15, 0.2) is 30.6 Å². The van der Waals surface area contributed by atoms with Crippen molar-refractivity contribution in [1.82, 2.24) is 14.7 Å². The van der Waals surface area contributed by atoms with Gasteiger partial charge in [-0.1, -0.05) is 19.9 Å². The Morgan fingerprint density at radius 2 is 2.00 bits per heavy atom. The molecule has 2 rings (SSSR count). The van der Waals surface area contributed by atoms with E-state index in [2.05, 4.69) is 54.3 Å². The molecule has 0 atom stereocenters. The van der Waals surface area contributed by atoms with Crippen LogP contribution in [0.5, 0.6) is 5.75 Å². The number of nitrogens with one attached hydrogen (secondary N) is 1. The van der Waals surface area contributed by atoms with Crippen LogP contribution in [0.4, 0.5) is 5.69 Å². The summed E-state index contributed by atoms with van der Waals surface area (Å²) >= 11 is 0. The monoisotopic (exact) mass is 316 g/mol. The molecule has 1 aromatic carbocycles. The number of aromatic nitrogens is 2. The number of ether oxygens (including phenoxy) is 1. The Morgan fingerprint density at radius 3 is 2.61 bits per heavy atom. The molecule has 5 heteroatoms. The average molecular weight is 316 g/mol. The largest absolute Gasteiger partial charge is 0.496 e. The van der Waals surface area contributed by atoms with Crippen LogP contribution < -0.4 is 10.1 Å². The van der Waals surface area contributed by atoms with Gasteiger partial charge in [0.05, 0.1) is 19.0 Å². The maximum Gasteiger partial charge on any atom is 0.123 e. The molecule has 0 spiro atoms. The number of nitrogens with zero attached hydrogens (tertiary/aromatic N) is 3. The van der Waals surface area contributed by atoms with Crippen molar-refractivity contribution >= 4 is 5.69 Å². The number of aryl methyl sites for hydroxylation is 1. The van der Waals surface area contributed by atoms with Crippen LogP contribution >= 0.6 is 0 Å². The molecular weight excluding hydrogens is 288 g/mol. The number of benzene rings is 1. The highest BCUT2D eigenvalue weighted by molar-refractivity contribution is 5.42. The molecule has 0 aliphatic heterocycles. The highest BCUT2D eigenvalue weighted by Gasteiger charge is 2.08. The number of hydrogen-bond acceptors (Lipinski definition) is 4. The second-order valence-corrected chi connectivity index (χ2v) is 5.55. The maximum atomic E-state index is 5.51. The zero-order valence-corrected chi connectivity index (χ0v) is 14.7. The van der Waals surface area contributed by atoms with E-state index in [0.717, 1.165) is 44.2 Å². The van der Waals surface area contributed by atoms with Crippen molar-refractivity contribution < 1.29 is 4.74 Å². The third kappa shape index (κ3) is 4.73. The number of anilines is 1. The van der Waals surface area contributed by atoms with Crippen LogP contribution in [0, 0.1) is 0 Å². The van der Waals surface area contributed by atoms with Crippen molar-refractivity contribution in [3.8, 4) is 5.75 Å². The van der Waals surface area contributed by atoms with Gasteiger partial charge in [0, 0.05) is 31.4 Å². The Bertz CT molecular complexity index is 605. The minimum atomic E-state index is 0.782. The predicted octanol–water partition coefficient (Wildman–Crippen LogP) is 3.37. The molecule has 0 amide bonds. The molecule has 0 unspecified atom stereocenters. The number of rotatable bonds is 9. The van der Waals surface area contributed by atoms with Crippen molar-refractivity contribution in [2.24, 2.45) is 0 Å². The van der Waals surface area contributed by atoms with Gasteiger partial charge in [0.1, 0.15) is 5.75 Å². The van der Waals surface area contributed by atoms with Gasteiger partial charge < -0.3 is 10.1 Å². The first kappa shape index (κ1) is 17.3. The molecule has 1 N–H and O–H groups in total. The molecular formula is C18H28N4O. The van der Waals surface area contributed by atoms with Gasteiger partial charge in [-0.05, 0) is 37.7 Å². The van der Waals surface area contributed by atoms with E-state index in [4.69, 9.17) is 4.74 Å². The molecule has 0 saturated carbocycles.